The predicted molar refractivity (Wildman–Crippen MR) is 76.8 cm³/mol. The molecule has 1 saturated heterocycles. The van der Waals surface area contributed by atoms with Gasteiger partial charge in [0.2, 0.25) is 0 Å². The van der Waals surface area contributed by atoms with Gasteiger partial charge in [-0.2, -0.15) is 13.2 Å². The summed E-state index contributed by atoms with van der Waals surface area (Å²) in [7, 11) is 1.71. The third-order valence-corrected chi connectivity index (χ3v) is 5.08. The number of likely N-dealkylation sites (tertiary alicyclic amines) is 1. The third-order valence-electron chi connectivity index (χ3n) is 5.08. The van der Waals surface area contributed by atoms with Crippen molar-refractivity contribution < 1.29 is 22.7 Å². The van der Waals surface area contributed by atoms with Crippen molar-refractivity contribution in [3.05, 3.63) is 29.6 Å². The Bertz CT molecular complexity index is 570. The van der Waals surface area contributed by atoms with Crippen molar-refractivity contribution in [2.45, 2.75) is 38.0 Å². The number of carbonyl (C=O) groups excluding carboxylic acids is 1. The first-order chi connectivity index (χ1) is 10.8. The number of hydrogen-bond acceptors (Lipinski definition) is 3. The maximum atomic E-state index is 12.5. The van der Waals surface area contributed by atoms with Crippen molar-refractivity contribution in [1.82, 2.24) is 9.88 Å². The lowest BCUT2D eigenvalue weighted by Gasteiger charge is -2.51. The lowest BCUT2D eigenvalue weighted by atomic mass is 9.61. The first kappa shape index (κ1) is 16.2. The van der Waals surface area contributed by atoms with Crippen LogP contribution in [0, 0.1) is 5.41 Å². The minimum absolute atomic E-state index is 0.0670. The van der Waals surface area contributed by atoms with E-state index >= 15 is 0 Å². The molecule has 0 bridgehead atoms. The topological polar surface area (TPSA) is 42.4 Å². The number of carbonyl (C=O) groups is 1. The van der Waals surface area contributed by atoms with Crippen molar-refractivity contribution >= 4 is 5.91 Å². The SMILES string of the molecule is COC1CC2(CCN(C(=O)c3ccc(C(F)(F)F)cn3)CC2)C1. The van der Waals surface area contributed by atoms with E-state index in [4.69, 9.17) is 4.74 Å². The molecule has 2 aliphatic rings. The molecular weight excluding hydrogens is 309 g/mol. The van der Waals surface area contributed by atoms with Crippen molar-refractivity contribution in [3.8, 4) is 0 Å². The zero-order chi connectivity index (χ0) is 16.7. The quantitative estimate of drug-likeness (QED) is 0.838. The second-order valence-corrected chi connectivity index (χ2v) is 6.49. The highest BCUT2D eigenvalue weighted by atomic mass is 19.4. The Kier molecular flexibility index (Phi) is 4.08. The van der Waals surface area contributed by atoms with Gasteiger partial charge < -0.3 is 9.64 Å². The van der Waals surface area contributed by atoms with E-state index in [0.29, 0.717) is 25.4 Å². The Morgan fingerprint density at radius 2 is 1.96 bits per heavy atom. The fourth-order valence-corrected chi connectivity index (χ4v) is 3.52. The average molecular weight is 328 g/mol. The van der Waals surface area contributed by atoms with Gasteiger partial charge in [-0.1, -0.05) is 0 Å². The van der Waals surface area contributed by atoms with Gasteiger partial charge in [0.1, 0.15) is 5.69 Å². The zero-order valence-electron chi connectivity index (χ0n) is 12.9. The summed E-state index contributed by atoms with van der Waals surface area (Å²) in [4.78, 5) is 17.7. The first-order valence-electron chi connectivity index (χ1n) is 7.68. The fraction of sp³-hybridized carbons (Fsp3) is 0.625. The van der Waals surface area contributed by atoms with Gasteiger partial charge in [0.05, 0.1) is 11.7 Å². The Balaban J connectivity index is 1.59. The molecule has 1 amide bonds. The summed E-state index contributed by atoms with van der Waals surface area (Å²) in [6.07, 6.45) is 0.503. The number of aromatic nitrogens is 1. The van der Waals surface area contributed by atoms with Gasteiger partial charge in [0.25, 0.3) is 5.91 Å². The highest BCUT2D eigenvalue weighted by Gasteiger charge is 2.46. The molecule has 0 aromatic carbocycles. The normalized spacial score (nSPS) is 21.3. The van der Waals surface area contributed by atoms with Gasteiger partial charge >= 0.3 is 6.18 Å². The van der Waals surface area contributed by atoms with Gasteiger partial charge in [-0.05, 0) is 43.2 Å². The Morgan fingerprint density at radius 3 is 2.43 bits per heavy atom. The van der Waals surface area contributed by atoms with E-state index in [-0.39, 0.29) is 17.0 Å². The molecule has 2 heterocycles. The number of nitrogens with zero attached hydrogens (tertiary/aromatic N) is 2. The van der Waals surface area contributed by atoms with E-state index in [2.05, 4.69) is 4.98 Å². The molecule has 126 valence electrons. The number of halogens is 3. The number of piperidine rings is 1. The van der Waals surface area contributed by atoms with Crippen LogP contribution in [0.25, 0.3) is 0 Å². The van der Waals surface area contributed by atoms with Crippen molar-refractivity contribution in [2.24, 2.45) is 5.41 Å². The van der Waals surface area contributed by atoms with E-state index in [0.717, 1.165) is 37.8 Å². The molecule has 0 radical (unpaired) electrons. The lowest BCUT2D eigenvalue weighted by molar-refractivity contribution is -0.137. The molecule has 4 nitrogen and oxygen atoms in total. The molecular formula is C16H19F3N2O2. The molecule has 1 aliphatic carbocycles. The van der Waals surface area contributed by atoms with Gasteiger partial charge in [-0.15, -0.1) is 0 Å². The number of amides is 1. The van der Waals surface area contributed by atoms with Crippen molar-refractivity contribution in [1.29, 1.82) is 0 Å². The predicted octanol–water partition coefficient (Wildman–Crippen LogP) is 3.13. The van der Waals surface area contributed by atoms with E-state index in [1.807, 2.05) is 0 Å². The molecule has 0 atom stereocenters. The number of methoxy groups -OCH3 is 1. The van der Waals surface area contributed by atoms with Crippen LogP contribution in [0.4, 0.5) is 13.2 Å². The van der Waals surface area contributed by atoms with Crippen LogP contribution in [0.15, 0.2) is 18.3 Å². The zero-order valence-corrected chi connectivity index (χ0v) is 12.9. The Morgan fingerprint density at radius 1 is 1.30 bits per heavy atom. The number of alkyl halides is 3. The fourth-order valence-electron chi connectivity index (χ4n) is 3.52. The highest BCUT2D eigenvalue weighted by molar-refractivity contribution is 5.92. The number of rotatable bonds is 2. The highest BCUT2D eigenvalue weighted by Crippen LogP contribution is 2.50. The molecule has 0 unspecified atom stereocenters. The molecule has 0 N–H and O–H groups in total. The monoisotopic (exact) mass is 328 g/mol. The van der Waals surface area contributed by atoms with Gasteiger partial charge in [0.15, 0.2) is 0 Å². The molecule has 1 saturated carbocycles. The van der Waals surface area contributed by atoms with Crippen LogP contribution in [0.2, 0.25) is 0 Å². The molecule has 1 spiro atoms. The van der Waals surface area contributed by atoms with Crippen molar-refractivity contribution in [2.75, 3.05) is 20.2 Å². The summed E-state index contributed by atoms with van der Waals surface area (Å²) in [5.41, 5.74) is -0.491. The maximum absolute atomic E-state index is 12.5. The van der Waals surface area contributed by atoms with E-state index < -0.39 is 11.7 Å². The second-order valence-electron chi connectivity index (χ2n) is 6.49. The largest absolute Gasteiger partial charge is 0.417 e. The number of hydrogen-bond donors (Lipinski definition) is 0. The van der Waals surface area contributed by atoms with Crippen LogP contribution in [-0.2, 0) is 10.9 Å². The lowest BCUT2D eigenvalue weighted by Crippen LogP contribution is -2.51. The second kappa shape index (κ2) is 5.78. The van der Waals surface area contributed by atoms with Crippen LogP contribution in [-0.4, -0.2) is 42.1 Å². The van der Waals surface area contributed by atoms with Gasteiger partial charge in [-0.3, -0.25) is 9.78 Å². The Hall–Kier alpha value is -1.63. The third kappa shape index (κ3) is 3.20. The van der Waals surface area contributed by atoms with Crippen LogP contribution in [0.1, 0.15) is 41.7 Å². The molecule has 1 aromatic rings. The molecule has 2 fully saturated rings. The summed E-state index contributed by atoms with van der Waals surface area (Å²) in [6, 6.07) is 2.06. The summed E-state index contributed by atoms with van der Waals surface area (Å²) in [6.45, 7) is 1.25. The minimum atomic E-state index is -4.44. The van der Waals surface area contributed by atoms with Crippen molar-refractivity contribution in [3.63, 3.8) is 0 Å². The smallest absolute Gasteiger partial charge is 0.381 e. The number of pyridine rings is 1. The summed E-state index contributed by atoms with van der Waals surface area (Å²) >= 11 is 0. The molecule has 3 rings (SSSR count). The number of ether oxygens (including phenoxy) is 1. The molecule has 1 aromatic heterocycles. The van der Waals surface area contributed by atoms with Crippen LogP contribution in [0.5, 0.6) is 0 Å². The van der Waals surface area contributed by atoms with Crippen LogP contribution in [0.3, 0.4) is 0 Å². The average Bonchev–Trinajstić information content (AvgIpc) is 2.51. The van der Waals surface area contributed by atoms with E-state index in [1.165, 1.54) is 0 Å². The van der Waals surface area contributed by atoms with E-state index in [1.54, 1.807) is 12.0 Å². The van der Waals surface area contributed by atoms with Gasteiger partial charge in [-0.25, -0.2) is 0 Å². The van der Waals surface area contributed by atoms with Crippen LogP contribution >= 0.6 is 0 Å². The standard InChI is InChI=1S/C16H19F3N2O2/c1-23-12-8-15(9-12)4-6-21(7-5-15)14(22)13-3-2-11(10-20-13)16(17,18)19/h2-3,10,12H,4-9H2,1H3. The minimum Gasteiger partial charge on any atom is -0.381 e. The summed E-state index contributed by atoms with van der Waals surface area (Å²) in [5, 5.41) is 0. The first-order valence-corrected chi connectivity index (χ1v) is 7.68. The van der Waals surface area contributed by atoms with E-state index in [9.17, 15) is 18.0 Å². The molecule has 1 aliphatic heterocycles. The molecule has 7 heteroatoms. The maximum Gasteiger partial charge on any atom is 0.417 e. The van der Waals surface area contributed by atoms with Crippen LogP contribution < -0.4 is 0 Å². The van der Waals surface area contributed by atoms with Gasteiger partial charge in [0, 0.05) is 26.4 Å². The summed E-state index contributed by atoms with van der Waals surface area (Å²) in [5.74, 6) is -0.295. The Labute approximate surface area is 132 Å². The summed E-state index contributed by atoms with van der Waals surface area (Å²) < 4.78 is 42.9. The molecule has 23 heavy (non-hydrogen) atoms.